The Kier molecular flexibility index (Phi) is 4.66. The largest absolute Gasteiger partial charge is 0.310 e. The standard InChI is InChI=1S/C11H19N/c1-10(12)8-6-5-7-9-11(2,3)4/h12H,6,8-9H2,1-4H3. The Morgan fingerprint density at radius 3 is 2.25 bits per heavy atom. The fraction of sp³-hybridized carbons (Fsp3) is 0.727. The van der Waals surface area contributed by atoms with Crippen molar-refractivity contribution in [3.63, 3.8) is 0 Å². The molecule has 0 aliphatic rings. The smallest absolute Gasteiger partial charge is 0.0141 e. The fourth-order valence-corrected chi connectivity index (χ4v) is 0.666. The van der Waals surface area contributed by atoms with E-state index in [9.17, 15) is 0 Å². The van der Waals surface area contributed by atoms with Crippen LogP contribution in [0.15, 0.2) is 0 Å². The Balaban J connectivity index is 3.55. The van der Waals surface area contributed by atoms with Crippen LogP contribution in [-0.4, -0.2) is 5.71 Å². The molecule has 0 radical (unpaired) electrons. The van der Waals surface area contributed by atoms with Crippen LogP contribution in [0.25, 0.3) is 0 Å². The quantitative estimate of drug-likeness (QED) is 0.480. The molecule has 0 saturated heterocycles. The van der Waals surface area contributed by atoms with Gasteiger partial charge in [0, 0.05) is 18.6 Å². The lowest BCUT2D eigenvalue weighted by molar-refractivity contribution is 0.427. The molecule has 0 aromatic rings. The van der Waals surface area contributed by atoms with E-state index >= 15 is 0 Å². The maximum atomic E-state index is 7.18. The third kappa shape index (κ3) is 9.23. The van der Waals surface area contributed by atoms with Gasteiger partial charge in [0.2, 0.25) is 0 Å². The Hall–Kier alpha value is -0.770. The van der Waals surface area contributed by atoms with Crippen LogP contribution in [0, 0.1) is 22.7 Å². The van der Waals surface area contributed by atoms with Crippen molar-refractivity contribution >= 4 is 5.71 Å². The van der Waals surface area contributed by atoms with E-state index in [1.165, 1.54) is 0 Å². The van der Waals surface area contributed by atoms with Gasteiger partial charge in [-0.2, -0.15) is 0 Å². The van der Waals surface area contributed by atoms with E-state index in [0.717, 1.165) is 25.0 Å². The van der Waals surface area contributed by atoms with Gasteiger partial charge >= 0.3 is 0 Å². The molecule has 0 saturated carbocycles. The predicted molar refractivity (Wildman–Crippen MR) is 54.5 cm³/mol. The van der Waals surface area contributed by atoms with E-state index < -0.39 is 0 Å². The fourth-order valence-electron chi connectivity index (χ4n) is 0.666. The number of hydrogen-bond acceptors (Lipinski definition) is 1. The molecule has 0 amide bonds. The molecule has 68 valence electrons. The summed E-state index contributed by atoms with van der Waals surface area (Å²) >= 11 is 0. The molecule has 1 N–H and O–H groups in total. The van der Waals surface area contributed by atoms with Crippen LogP contribution in [0.5, 0.6) is 0 Å². The van der Waals surface area contributed by atoms with Crippen LogP contribution in [0.2, 0.25) is 0 Å². The minimum Gasteiger partial charge on any atom is -0.310 e. The second-order valence-corrected chi connectivity index (χ2v) is 4.37. The second-order valence-electron chi connectivity index (χ2n) is 4.37. The molecular formula is C11H19N. The molecule has 0 unspecified atom stereocenters. The van der Waals surface area contributed by atoms with Crippen molar-refractivity contribution in [1.82, 2.24) is 0 Å². The van der Waals surface area contributed by atoms with E-state index in [1.54, 1.807) is 0 Å². The van der Waals surface area contributed by atoms with Crippen molar-refractivity contribution in [3.8, 4) is 11.8 Å². The zero-order valence-electron chi connectivity index (χ0n) is 8.62. The zero-order valence-corrected chi connectivity index (χ0v) is 8.62. The molecule has 0 fully saturated rings. The predicted octanol–water partition coefficient (Wildman–Crippen LogP) is 3.25. The summed E-state index contributed by atoms with van der Waals surface area (Å²) in [6.45, 7) is 8.38. The molecule has 0 bridgehead atoms. The van der Waals surface area contributed by atoms with Crippen LogP contribution in [0.3, 0.4) is 0 Å². The molecule has 0 atom stereocenters. The molecule has 0 rings (SSSR count). The Morgan fingerprint density at radius 2 is 1.83 bits per heavy atom. The van der Waals surface area contributed by atoms with E-state index in [-0.39, 0.29) is 0 Å². The lowest BCUT2D eigenvalue weighted by Crippen LogP contribution is -2.02. The highest BCUT2D eigenvalue weighted by Crippen LogP contribution is 2.16. The van der Waals surface area contributed by atoms with Crippen molar-refractivity contribution in [1.29, 1.82) is 5.41 Å². The lowest BCUT2D eigenvalue weighted by atomic mass is 9.93. The van der Waals surface area contributed by atoms with Gasteiger partial charge in [-0.15, -0.1) is 11.8 Å². The first-order chi connectivity index (χ1) is 5.42. The lowest BCUT2D eigenvalue weighted by Gasteiger charge is -2.12. The van der Waals surface area contributed by atoms with Gasteiger partial charge in [-0.25, -0.2) is 0 Å². The number of nitrogens with one attached hydrogen (secondary N) is 1. The first-order valence-electron chi connectivity index (χ1n) is 4.41. The summed E-state index contributed by atoms with van der Waals surface area (Å²) in [5, 5.41) is 7.18. The average Bonchev–Trinajstić information content (AvgIpc) is 1.83. The number of rotatable bonds is 2. The van der Waals surface area contributed by atoms with Crippen molar-refractivity contribution in [2.24, 2.45) is 5.41 Å². The summed E-state index contributed by atoms with van der Waals surface area (Å²) < 4.78 is 0. The van der Waals surface area contributed by atoms with Crippen LogP contribution in [-0.2, 0) is 0 Å². The van der Waals surface area contributed by atoms with Gasteiger partial charge in [0.25, 0.3) is 0 Å². The highest BCUT2D eigenvalue weighted by molar-refractivity contribution is 5.78. The minimum atomic E-state index is 0.312. The molecule has 1 nitrogen and oxygen atoms in total. The van der Waals surface area contributed by atoms with Crippen LogP contribution in [0.1, 0.15) is 47.0 Å². The Morgan fingerprint density at radius 1 is 1.25 bits per heavy atom. The minimum absolute atomic E-state index is 0.312. The molecule has 0 spiro atoms. The first-order valence-corrected chi connectivity index (χ1v) is 4.41. The van der Waals surface area contributed by atoms with Crippen molar-refractivity contribution in [2.45, 2.75) is 47.0 Å². The summed E-state index contributed by atoms with van der Waals surface area (Å²) in [6.07, 6.45) is 2.60. The summed E-state index contributed by atoms with van der Waals surface area (Å²) in [5.74, 6) is 6.22. The summed E-state index contributed by atoms with van der Waals surface area (Å²) in [7, 11) is 0. The average molecular weight is 165 g/mol. The molecule has 12 heavy (non-hydrogen) atoms. The highest BCUT2D eigenvalue weighted by Gasteiger charge is 2.06. The molecule has 0 aliphatic heterocycles. The molecule has 0 aliphatic carbocycles. The van der Waals surface area contributed by atoms with Gasteiger partial charge in [-0.1, -0.05) is 20.8 Å². The maximum absolute atomic E-state index is 7.18. The van der Waals surface area contributed by atoms with Gasteiger partial charge in [-0.05, 0) is 18.8 Å². The van der Waals surface area contributed by atoms with Crippen LogP contribution >= 0.6 is 0 Å². The molecule has 0 aromatic carbocycles. The highest BCUT2D eigenvalue weighted by atomic mass is 14.4. The third-order valence-electron chi connectivity index (χ3n) is 1.37. The van der Waals surface area contributed by atoms with Crippen molar-refractivity contribution in [2.75, 3.05) is 0 Å². The Bertz CT molecular complexity index is 197. The third-order valence-corrected chi connectivity index (χ3v) is 1.37. The normalized spacial score (nSPS) is 10.3. The monoisotopic (exact) mass is 165 g/mol. The second kappa shape index (κ2) is 4.98. The van der Waals surface area contributed by atoms with Gasteiger partial charge in [0.05, 0.1) is 0 Å². The van der Waals surface area contributed by atoms with Gasteiger partial charge in [-0.3, -0.25) is 0 Å². The first kappa shape index (κ1) is 11.2. The SMILES string of the molecule is CC(=N)CCC#CCC(C)(C)C. The van der Waals surface area contributed by atoms with Crippen molar-refractivity contribution in [3.05, 3.63) is 0 Å². The molecular weight excluding hydrogens is 146 g/mol. The van der Waals surface area contributed by atoms with E-state index in [1.807, 2.05) is 6.92 Å². The number of hydrogen-bond donors (Lipinski definition) is 1. The molecule has 0 aromatic heterocycles. The van der Waals surface area contributed by atoms with E-state index in [0.29, 0.717) is 5.41 Å². The van der Waals surface area contributed by atoms with Crippen LogP contribution in [0.4, 0.5) is 0 Å². The van der Waals surface area contributed by atoms with E-state index in [4.69, 9.17) is 5.41 Å². The van der Waals surface area contributed by atoms with Crippen LogP contribution < -0.4 is 0 Å². The van der Waals surface area contributed by atoms with Gasteiger partial charge < -0.3 is 5.41 Å². The summed E-state index contributed by atoms with van der Waals surface area (Å²) in [5.41, 5.74) is 1.03. The van der Waals surface area contributed by atoms with Crippen molar-refractivity contribution < 1.29 is 0 Å². The summed E-state index contributed by atoms with van der Waals surface area (Å²) in [6, 6.07) is 0. The molecule has 0 heterocycles. The maximum Gasteiger partial charge on any atom is 0.0141 e. The van der Waals surface area contributed by atoms with Gasteiger partial charge in [0.1, 0.15) is 0 Å². The zero-order chi connectivity index (χ0) is 9.61. The summed E-state index contributed by atoms with van der Waals surface area (Å²) in [4.78, 5) is 0. The molecule has 1 heteroatoms. The topological polar surface area (TPSA) is 23.9 Å². The van der Waals surface area contributed by atoms with Gasteiger partial charge in [0.15, 0.2) is 0 Å². The van der Waals surface area contributed by atoms with E-state index in [2.05, 4.69) is 32.6 Å². The Labute approximate surface area is 76.1 Å².